The van der Waals surface area contributed by atoms with Crippen molar-refractivity contribution in [2.45, 2.75) is 6.92 Å². The molecule has 0 aliphatic heterocycles. The average molecular weight is 250 g/mol. The summed E-state index contributed by atoms with van der Waals surface area (Å²) in [7, 11) is 1.37. The second-order valence-electron chi connectivity index (χ2n) is 3.80. The SMILES string of the molecule is COc1cc(C)cc(-c2cc(C(=O)O)[nH]n2)c1F. The number of methoxy groups -OCH3 is 1. The molecule has 0 atom stereocenters. The van der Waals surface area contributed by atoms with Crippen molar-refractivity contribution in [3.8, 4) is 17.0 Å². The number of nitrogens with one attached hydrogen (secondary N) is 1. The second-order valence-corrected chi connectivity index (χ2v) is 3.80. The number of H-pyrrole nitrogens is 1. The van der Waals surface area contributed by atoms with Crippen molar-refractivity contribution in [1.82, 2.24) is 10.2 Å². The normalized spacial score (nSPS) is 10.4. The van der Waals surface area contributed by atoms with Crippen LogP contribution in [0.3, 0.4) is 0 Å². The van der Waals surface area contributed by atoms with Crippen molar-refractivity contribution in [2.24, 2.45) is 0 Å². The third kappa shape index (κ3) is 2.04. The van der Waals surface area contributed by atoms with Gasteiger partial charge in [-0.25, -0.2) is 9.18 Å². The van der Waals surface area contributed by atoms with Gasteiger partial charge in [0.15, 0.2) is 11.6 Å². The number of halogens is 1. The van der Waals surface area contributed by atoms with Crippen LogP contribution in [-0.4, -0.2) is 28.4 Å². The Morgan fingerprint density at radius 3 is 2.72 bits per heavy atom. The van der Waals surface area contributed by atoms with Gasteiger partial charge < -0.3 is 9.84 Å². The summed E-state index contributed by atoms with van der Waals surface area (Å²) in [6, 6.07) is 4.42. The van der Waals surface area contributed by atoms with Crippen LogP contribution in [0.5, 0.6) is 5.75 Å². The fourth-order valence-electron chi connectivity index (χ4n) is 1.64. The summed E-state index contributed by atoms with van der Waals surface area (Å²) in [6.07, 6.45) is 0. The first-order valence-electron chi connectivity index (χ1n) is 5.16. The summed E-state index contributed by atoms with van der Waals surface area (Å²) in [5.41, 5.74) is 1.13. The number of aromatic nitrogens is 2. The molecule has 0 saturated carbocycles. The van der Waals surface area contributed by atoms with E-state index in [-0.39, 0.29) is 22.7 Å². The van der Waals surface area contributed by atoms with E-state index in [9.17, 15) is 9.18 Å². The zero-order valence-corrected chi connectivity index (χ0v) is 9.82. The number of ether oxygens (including phenoxy) is 1. The molecule has 0 amide bonds. The molecule has 0 aliphatic rings. The third-order valence-electron chi connectivity index (χ3n) is 2.49. The van der Waals surface area contributed by atoms with Crippen LogP contribution >= 0.6 is 0 Å². The van der Waals surface area contributed by atoms with E-state index in [1.54, 1.807) is 19.1 Å². The number of hydrogen-bond donors (Lipinski definition) is 2. The maximum absolute atomic E-state index is 14.0. The van der Waals surface area contributed by atoms with Gasteiger partial charge in [0.05, 0.1) is 12.8 Å². The fourth-order valence-corrected chi connectivity index (χ4v) is 1.64. The summed E-state index contributed by atoms with van der Waals surface area (Å²) in [6.45, 7) is 1.79. The van der Waals surface area contributed by atoms with E-state index in [4.69, 9.17) is 9.84 Å². The lowest BCUT2D eigenvalue weighted by Gasteiger charge is -2.07. The second kappa shape index (κ2) is 4.48. The van der Waals surface area contributed by atoms with Crippen LogP contribution in [0.2, 0.25) is 0 Å². The lowest BCUT2D eigenvalue weighted by molar-refractivity contribution is 0.0690. The molecule has 0 saturated heterocycles. The van der Waals surface area contributed by atoms with Crippen LogP contribution < -0.4 is 4.74 Å². The predicted molar refractivity (Wildman–Crippen MR) is 62.2 cm³/mol. The smallest absolute Gasteiger partial charge is 0.353 e. The maximum atomic E-state index is 14.0. The summed E-state index contributed by atoms with van der Waals surface area (Å²) >= 11 is 0. The molecule has 2 rings (SSSR count). The van der Waals surface area contributed by atoms with Gasteiger partial charge in [-0.15, -0.1) is 0 Å². The van der Waals surface area contributed by atoms with Gasteiger partial charge in [-0.2, -0.15) is 5.10 Å². The molecule has 0 aliphatic carbocycles. The monoisotopic (exact) mass is 250 g/mol. The van der Waals surface area contributed by atoms with Gasteiger partial charge in [-0.1, -0.05) is 0 Å². The minimum Gasteiger partial charge on any atom is -0.494 e. The highest BCUT2D eigenvalue weighted by Crippen LogP contribution is 2.29. The van der Waals surface area contributed by atoms with Gasteiger partial charge in [-0.05, 0) is 30.7 Å². The predicted octanol–water partition coefficient (Wildman–Crippen LogP) is 2.23. The number of carbonyl (C=O) groups is 1. The number of aryl methyl sites for hydroxylation is 1. The lowest BCUT2D eigenvalue weighted by Crippen LogP contribution is -1.95. The summed E-state index contributed by atoms with van der Waals surface area (Å²) in [4.78, 5) is 10.7. The number of hydrogen-bond acceptors (Lipinski definition) is 3. The summed E-state index contributed by atoms with van der Waals surface area (Å²) < 4.78 is 18.9. The molecule has 94 valence electrons. The molecule has 2 N–H and O–H groups in total. The highest BCUT2D eigenvalue weighted by Gasteiger charge is 2.16. The minimum atomic E-state index is -1.14. The number of benzene rings is 1. The molecule has 18 heavy (non-hydrogen) atoms. The number of carboxylic acids is 1. The number of nitrogens with zero attached hydrogens (tertiary/aromatic N) is 1. The molecule has 1 heterocycles. The zero-order valence-electron chi connectivity index (χ0n) is 9.82. The van der Waals surface area contributed by atoms with Crippen molar-refractivity contribution in [2.75, 3.05) is 7.11 Å². The molecule has 0 fully saturated rings. The van der Waals surface area contributed by atoms with E-state index < -0.39 is 11.8 Å². The summed E-state index contributed by atoms with van der Waals surface area (Å²) in [5, 5.41) is 14.9. The van der Waals surface area contributed by atoms with E-state index in [0.29, 0.717) is 0 Å². The van der Waals surface area contributed by atoms with Crippen LogP contribution in [-0.2, 0) is 0 Å². The minimum absolute atomic E-state index is 0.0927. The van der Waals surface area contributed by atoms with E-state index in [1.807, 2.05) is 0 Å². The molecule has 0 radical (unpaired) electrons. The highest BCUT2D eigenvalue weighted by atomic mass is 19.1. The largest absolute Gasteiger partial charge is 0.494 e. The molecule has 2 aromatic rings. The van der Waals surface area contributed by atoms with Gasteiger partial charge in [0.2, 0.25) is 0 Å². The van der Waals surface area contributed by atoms with Crippen LogP contribution in [0.15, 0.2) is 18.2 Å². The molecule has 6 heteroatoms. The van der Waals surface area contributed by atoms with Crippen molar-refractivity contribution in [3.05, 3.63) is 35.3 Å². The highest BCUT2D eigenvalue weighted by molar-refractivity contribution is 5.87. The van der Waals surface area contributed by atoms with Gasteiger partial charge >= 0.3 is 5.97 Å². The van der Waals surface area contributed by atoms with Gasteiger partial charge in [-0.3, -0.25) is 5.10 Å². The molecular weight excluding hydrogens is 239 g/mol. The van der Waals surface area contributed by atoms with E-state index in [2.05, 4.69) is 10.2 Å². The quantitative estimate of drug-likeness (QED) is 0.875. The molecule has 0 bridgehead atoms. The number of aromatic carboxylic acids is 1. The first-order valence-corrected chi connectivity index (χ1v) is 5.16. The Balaban J connectivity index is 2.55. The zero-order chi connectivity index (χ0) is 13.3. The first-order chi connectivity index (χ1) is 8.52. The molecular formula is C12H11FN2O3. The van der Waals surface area contributed by atoms with E-state index >= 15 is 0 Å². The van der Waals surface area contributed by atoms with E-state index in [1.165, 1.54) is 13.2 Å². The van der Waals surface area contributed by atoms with Crippen LogP contribution in [0.25, 0.3) is 11.3 Å². The fraction of sp³-hybridized carbons (Fsp3) is 0.167. The Morgan fingerprint density at radius 1 is 1.44 bits per heavy atom. The van der Waals surface area contributed by atoms with Gasteiger partial charge in [0.25, 0.3) is 0 Å². The topological polar surface area (TPSA) is 75.2 Å². The van der Waals surface area contributed by atoms with Crippen LogP contribution in [0.4, 0.5) is 4.39 Å². The molecule has 0 unspecified atom stereocenters. The molecule has 1 aromatic carbocycles. The Hall–Kier alpha value is -2.37. The van der Waals surface area contributed by atoms with Crippen molar-refractivity contribution >= 4 is 5.97 Å². The van der Waals surface area contributed by atoms with Crippen LogP contribution in [0.1, 0.15) is 16.1 Å². The van der Waals surface area contributed by atoms with Crippen molar-refractivity contribution in [3.63, 3.8) is 0 Å². The lowest BCUT2D eigenvalue weighted by atomic mass is 10.1. The standard InChI is InChI=1S/C12H11FN2O3/c1-6-3-7(11(13)10(4-6)18-2)8-5-9(12(16)17)15-14-8/h3-5H,1-2H3,(H,14,15)(H,16,17). The molecule has 5 nitrogen and oxygen atoms in total. The van der Waals surface area contributed by atoms with E-state index in [0.717, 1.165) is 5.56 Å². The third-order valence-corrected chi connectivity index (χ3v) is 2.49. The molecule has 0 spiro atoms. The Bertz CT molecular complexity index is 607. The molecule has 1 aromatic heterocycles. The van der Waals surface area contributed by atoms with Gasteiger partial charge in [0, 0.05) is 5.56 Å². The average Bonchev–Trinajstić information content (AvgIpc) is 2.81. The maximum Gasteiger partial charge on any atom is 0.353 e. The number of aromatic amines is 1. The number of rotatable bonds is 3. The Labute approximate surface area is 102 Å². The van der Waals surface area contributed by atoms with Gasteiger partial charge in [0.1, 0.15) is 5.69 Å². The Kier molecular flexibility index (Phi) is 3.01. The Morgan fingerprint density at radius 2 is 2.17 bits per heavy atom. The van der Waals surface area contributed by atoms with Crippen LogP contribution in [0, 0.1) is 12.7 Å². The first kappa shape index (κ1) is 12.1. The number of carboxylic acid groups (broad SMARTS) is 1. The van der Waals surface area contributed by atoms with Crippen molar-refractivity contribution < 1.29 is 19.0 Å². The summed E-state index contributed by atoms with van der Waals surface area (Å²) in [5.74, 6) is -1.61. The van der Waals surface area contributed by atoms with Crippen molar-refractivity contribution in [1.29, 1.82) is 0 Å².